The van der Waals surface area contributed by atoms with E-state index in [-0.39, 0.29) is 11.2 Å². The van der Waals surface area contributed by atoms with Crippen molar-refractivity contribution < 1.29 is 4.79 Å². The molecule has 1 aliphatic rings. The molecular formula is C15H17N3OS. The Morgan fingerprint density at radius 2 is 2.35 bits per heavy atom. The van der Waals surface area contributed by atoms with E-state index in [9.17, 15) is 4.79 Å². The third-order valence-electron chi connectivity index (χ3n) is 3.34. The molecule has 1 amide bonds. The number of aryl methyl sites for hydroxylation is 1. The van der Waals surface area contributed by atoms with Crippen LogP contribution in [0.4, 0.5) is 0 Å². The van der Waals surface area contributed by atoms with Crippen molar-refractivity contribution in [3.05, 3.63) is 47.8 Å². The van der Waals surface area contributed by atoms with E-state index in [1.54, 1.807) is 11.8 Å². The third kappa shape index (κ3) is 2.88. The molecule has 104 valence electrons. The van der Waals surface area contributed by atoms with Gasteiger partial charge in [-0.2, -0.15) is 5.10 Å². The van der Waals surface area contributed by atoms with Crippen LogP contribution in [0.25, 0.3) is 0 Å². The minimum Gasteiger partial charge on any atom is -0.353 e. The standard InChI is InChI=1S/C15H17N3OS/c1-11-9-17-18(10-11)7-6-16-15(19)14-8-12-4-2-3-5-13(12)20-14/h2-5,9-10,14H,6-8H2,1H3,(H,16,19). The first-order chi connectivity index (χ1) is 9.72. The molecule has 0 bridgehead atoms. The van der Waals surface area contributed by atoms with Crippen molar-refractivity contribution in [2.45, 2.75) is 30.0 Å². The molecule has 2 heterocycles. The molecule has 1 unspecified atom stereocenters. The number of rotatable bonds is 4. The first-order valence-corrected chi connectivity index (χ1v) is 7.61. The summed E-state index contributed by atoms with van der Waals surface area (Å²) >= 11 is 1.66. The number of fused-ring (bicyclic) bond motifs is 1. The molecule has 0 saturated carbocycles. The van der Waals surface area contributed by atoms with Gasteiger partial charge in [-0.05, 0) is 30.5 Å². The molecule has 1 N–H and O–H groups in total. The highest BCUT2D eigenvalue weighted by atomic mass is 32.2. The fourth-order valence-corrected chi connectivity index (χ4v) is 3.54. The summed E-state index contributed by atoms with van der Waals surface area (Å²) in [5.41, 5.74) is 2.42. The highest BCUT2D eigenvalue weighted by Crippen LogP contribution is 2.36. The van der Waals surface area contributed by atoms with Crippen molar-refractivity contribution in [1.29, 1.82) is 0 Å². The Morgan fingerprint density at radius 1 is 1.50 bits per heavy atom. The van der Waals surface area contributed by atoms with Crippen molar-refractivity contribution in [2.75, 3.05) is 6.54 Å². The third-order valence-corrected chi connectivity index (χ3v) is 4.66. The Balaban J connectivity index is 1.49. The van der Waals surface area contributed by atoms with E-state index in [4.69, 9.17) is 0 Å². The fourth-order valence-electron chi connectivity index (χ4n) is 2.33. The number of carbonyl (C=O) groups is 1. The summed E-state index contributed by atoms with van der Waals surface area (Å²) in [5, 5.41) is 7.21. The lowest BCUT2D eigenvalue weighted by molar-refractivity contribution is -0.120. The van der Waals surface area contributed by atoms with Gasteiger partial charge in [-0.1, -0.05) is 18.2 Å². The van der Waals surface area contributed by atoms with Gasteiger partial charge in [0, 0.05) is 17.6 Å². The van der Waals surface area contributed by atoms with E-state index < -0.39 is 0 Å². The van der Waals surface area contributed by atoms with Gasteiger partial charge >= 0.3 is 0 Å². The van der Waals surface area contributed by atoms with Gasteiger partial charge in [-0.3, -0.25) is 9.48 Å². The van der Waals surface area contributed by atoms with Crippen molar-refractivity contribution in [2.24, 2.45) is 0 Å². The van der Waals surface area contributed by atoms with Gasteiger partial charge in [-0.25, -0.2) is 0 Å². The summed E-state index contributed by atoms with van der Waals surface area (Å²) in [4.78, 5) is 13.4. The summed E-state index contributed by atoms with van der Waals surface area (Å²) in [6.07, 6.45) is 4.63. The van der Waals surface area contributed by atoms with Gasteiger partial charge in [0.2, 0.25) is 5.91 Å². The van der Waals surface area contributed by atoms with Gasteiger partial charge in [0.1, 0.15) is 0 Å². The average Bonchev–Trinajstić information content (AvgIpc) is 3.04. The lowest BCUT2D eigenvalue weighted by Gasteiger charge is -2.09. The van der Waals surface area contributed by atoms with E-state index in [0.29, 0.717) is 13.1 Å². The normalized spacial score (nSPS) is 16.9. The van der Waals surface area contributed by atoms with E-state index in [1.165, 1.54) is 10.5 Å². The van der Waals surface area contributed by atoms with Crippen LogP contribution in [0.1, 0.15) is 11.1 Å². The van der Waals surface area contributed by atoms with Crippen LogP contribution in [-0.2, 0) is 17.8 Å². The molecule has 0 radical (unpaired) electrons. The number of aromatic nitrogens is 2. The number of carbonyl (C=O) groups excluding carboxylic acids is 1. The highest BCUT2D eigenvalue weighted by molar-refractivity contribution is 8.01. The summed E-state index contributed by atoms with van der Waals surface area (Å²) in [7, 11) is 0. The second-order valence-electron chi connectivity index (χ2n) is 4.99. The number of amides is 1. The number of nitrogens with zero attached hydrogens (tertiary/aromatic N) is 2. The molecule has 3 rings (SSSR count). The molecule has 20 heavy (non-hydrogen) atoms. The maximum Gasteiger partial charge on any atom is 0.233 e. The molecule has 1 aromatic carbocycles. The lowest BCUT2D eigenvalue weighted by atomic mass is 10.1. The Bertz CT molecular complexity index is 598. The van der Waals surface area contributed by atoms with Gasteiger partial charge in [0.25, 0.3) is 0 Å². The number of nitrogens with one attached hydrogen (secondary N) is 1. The Kier molecular flexibility index (Phi) is 3.78. The monoisotopic (exact) mass is 287 g/mol. The number of hydrogen-bond donors (Lipinski definition) is 1. The van der Waals surface area contributed by atoms with Crippen LogP contribution in [0.5, 0.6) is 0 Å². The second-order valence-corrected chi connectivity index (χ2v) is 6.23. The molecule has 0 aliphatic carbocycles. The van der Waals surface area contributed by atoms with Crippen molar-refractivity contribution in [3.63, 3.8) is 0 Å². The maximum atomic E-state index is 12.1. The largest absolute Gasteiger partial charge is 0.353 e. The Morgan fingerprint density at radius 3 is 3.10 bits per heavy atom. The fraction of sp³-hybridized carbons (Fsp3) is 0.333. The summed E-state index contributed by atoms with van der Waals surface area (Å²) in [6.45, 7) is 3.34. The van der Waals surface area contributed by atoms with Crippen LogP contribution in [0.15, 0.2) is 41.6 Å². The van der Waals surface area contributed by atoms with Gasteiger partial charge < -0.3 is 5.32 Å². The first-order valence-electron chi connectivity index (χ1n) is 6.74. The SMILES string of the molecule is Cc1cnn(CCNC(=O)C2Cc3ccccc3S2)c1. The van der Waals surface area contributed by atoms with Crippen molar-refractivity contribution in [3.8, 4) is 0 Å². The van der Waals surface area contributed by atoms with Crippen LogP contribution in [-0.4, -0.2) is 27.5 Å². The molecule has 5 heteroatoms. The molecule has 0 fully saturated rings. The molecule has 2 aromatic rings. The minimum absolute atomic E-state index is 0.00626. The van der Waals surface area contributed by atoms with E-state index in [2.05, 4.69) is 22.5 Å². The topological polar surface area (TPSA) is 46.9 Å². The molecule has 0 saturated heterocycles. The van der Waals surface area contributed by atoms with E-state index in [1.807, 2.05) is 36.1 Å². The number of hydrogen-bond acceptors (Lipinski definition) is 3. The number of benzene rings is 1. The maximum absolute atomic E-state index is 12.1. The molecule has 4 nitrogen and oxygen atoms in total. The predicted octanol–water partition coefficient (Wildman–Crippen LogP) is 2.02. The number of thioether (sulfide) groups is 1. The van der Waals surface area contributed by atoms with Crippen LogP contribution < -0.4 is 5.32 Å². The average molecular weight is 287 g/mol. The zero-order chi connectivity index (χ0) is 13.9. The smallest absolute Gasteiger partial charge is 0.233 e. The van der Waals surface area contributed by atoms with Gasteiger partial charge in [-0.15, -0.1) is 11.8 Å². The minimum atomic E-state index is 0.00626. The summed E-state index contributed by atoms with van der Waals surface area (Å²) in [6, 6.07) is 8.23. The quantitative estimate of drug-likeness (QED) is 0.936. The van der Waals surface area contributed by atoms with Crippen LogP contribution >= 0.6 is 11.8 Å². The van der Waals surface area contributed by atoms with Gasteiger partial charge in [0.15, 0.2) is 0 Å². The zero-order valence-corrected chi connectivity index (χ0v) is 12.2. The Labute approximate surface area is 122 Å². The molecule has 1 aromatic heterocycles. The van der Waals surface area contributed by atoms with Crippen molar-refractivity contribution in [1.82, 2.24) is 15.1 Å². The molecular weight excluding hydrogens is 270 g/mol. The summed E-state index contributed by atoms with van der Waals surface area (Å²) in [5.74, 6) is 0.120. The Hall–Kier alpha value is -1.75. The van der Waals surface area contributed by atoms with Crippen LogP contribution in [0.3, 0.4) is 0 Å². The predicted molar refractivity (Wildman–Crippen MR) is 79.8 cm³/mol. The van der Waals surface area contributed by atoms with Crippen molar-refractivity contribution >= 4 is 17.7 Å². The second kappa shape index (κ2) is 5.71. The van der Waals surface area contributed by atoms with Crippen LogP contribution in [0.2, 0.25) is 0 Å². The van der Waals surface area contributed by atoms with E-state index >= 15 is 0 Å². The lowest BCUT2D eigenvalue weighted by Crippen LogP contribution is -2.34. The molecule has 0 spiro atoms. The van der Waals surface area contributed by atoms with Gasteiger partial charge in [0.05, 0.1) is 18.0 Å². The molecule has 1 atom stereocenters. The highest BCUT2D eigenvalue weighted by Gasteiger charge is 2.27. The zero-order valence-electron chi connectivity index (χ0n) is 11.4. The first kappa shape index (κ1) is 13.2. The van der Waals surface area contributed by atoms with E-state index in [0.717, 1.165) is 12.0 Å². The summed E-state index contributed by atoms with van der Waals surface area (Å²) < 4.78 is 1.85. The molecule has 1 aliphatic heterocycles. The van der Waals surface area contributed by atoms with Crippen LogP contribution in [0, 0.1) is 6.92 Å².